The minimum Gasteiger partial charge on any atom is -0.0750 e. The molecule has 0 spiro atoms. The maximum Gasteiger partial charge on any atom is -0.0134 e. The predicted molar refractivity (Wildman–Crippen MR) is 45.1 cm³/mol. The molecule has 0 nitrogen and oxygen atoms in total. The Labute approximate surface area is 64.5 Å². The fraction of sp³-hybridized carbons (Fsp3) is 0.714. The molecule has 0 aromatic heterocycles. The molecule has 46 valence electrons. The molecule has 0 aliphatic heterocycles. The fourth-order valence-electron chi connectivity index (χ4n) is 0.933. The lowest BCUT2D eigenvalue weighted by atomic mass is 9.97. The van der Waals surface area contributed by atoms with Crippen LogP contribution in [0.25, 0.3) is 0 Å². The Bertz CT molecular complexity index is 105. The second-order valence-electron chi connectivity index (χ2n) is 2.53. The van der Waals surface area contributed by atoms with Crippen LogP contribution in [0.1, 0.15) is 26.2 Å². The van der Waals surface area contributed by atoms with E-state index in [1.165, 1.54) is 19.3 Å². The van der Waals surface area contributed by atoms with E-state index in [-0.39, 0.29) is 0 Å². The summed E-state index contributed by atoms with van der Waals surface area (Å²) in [4.78, 5) is 0. The van der Waals surface area contributed by atoms with Gasteiger partial charge in [-0.1, -0.05) is 13.0 Å². The van der Waals surface area contributed by atoms with Crippen molar-refractivity contribution in [2.45, 2.75) is 26.2 Å². The van der Waals surface area contributed by atoms with Gasteiger partial charge in [-0.05, 0) is 51.4 Å². The first-order valence-electron chi connectivity index (χ1n) is 3.13. The molecule has 0 unspecified atom stereocenters. The maximum absolute atomic E-state index is 2.43. The zero-order chi connectivity index (χ0) is 5.98. The molecule has 0 fully saturated rings. The Morgan fingerprint density at radius 3 is 2.88 bits per heavy atom. The van der Waals surface area contributed by atoms with Crippen LogP contribution >= 0.6 is 22.6 Å². The molecule has 0 saturated heterocycles. The zero-order valence-electron chi connectivity index (χ0n) is 5.15. The minimum absolute atomic E-state index is 0.938. The van der Waals surface area contributed by atoms with Gasteiger partial charge in [0.2, 0.25) is 0 Å². The highest BCUT2D eigenvalue weighted by atomic mass is 127. The number of rotatable bonds is 0. The Morgan fingerprint density at radius 2 is 2.50 bits per heavy atom. The molecule has 8 heavy (non-hydrogen) atoms. The van der Waals surface area contributed by atoms with E-state index >= 15 is 0 Å². The van der Waals surface area contributed by atoms with Crippen molar-refractivity contribution in [1.29, 1.82) is 0 Å². The SMILES string of the molecule is C[C@@H]1CC=C(I)CC1. The molecule has 1 atom stereocenters. The largest absolute Gasteiger partial charge is 0.0750 e. The molecule has 1 heteroatoms. The third-order valence-electron chi connectivity index (χ3n) is 1.62. The Balaban J connectivity index is 2.42. The predicted octanol–water partition coefficient (Wildman–Crippen LogP) is 3.13. The van der Waals surface area contributed by atoms with Gasteiger partial charge in [0.15, 0.2) is 0 Å². The summed E-state index contributed by atoms with van der Waals surface area (Å²) in [5, 5.41) is 0. The Hall–Kier alpha value is 0.470. The lowest BCUT2D eigenvalue weighted by Gasteiger charge is -2.13. The van der Waals surface area contributed by atoms with Gasteiger partial charge >= 0.3 is 0 Å². The van der Waals surface area contributed by atoms with Crippen LogP contribution in [0, 0.1) is 5.92 Å². The Morgan fingerprint density at radius 1 is 1.75 bits per heavy atom. The van der Waals surface area contributed by atoms with E-state index in [1.807, 2.05) is 0 Å². The van der Waals surface area contributed by atoms with Gasteiger partial charge in [0, 0.05) is 0 Å². The van der Waals surface area contributed by atoms with Crippen molar-refractivity contribution < 1.29 is 0 Å². The summed E-state index contributed by atoms with van der Waals surface area (Å²) in [6.07, 6.45) is 6.38. The van der Waals surface area contributed by atoms with Crippen molar-refractivity contribution in [3.05, 3.63) is 9.66 Å². The summed E-state index contributed by atoms with van der Waals surface area (Å²) in [7, 11) is 0. The van der Waals surface area contributed by atoms with Crippen LogP contribution in [0.5, 0.6) is 0 Å². The minimum atomic E-state index is 0.938. The van der Waals surface area contributed by atoms with Gasteiger partial charge in [-0.3, -0.25) is 0 Å². The van der Waals surface area contributed by atoms with Crippen molar-refractivity contribution in [3.63, 3.8) is 0 Å². The average Bonchev–Trinajstić information content (AvgIpc) is 1.77. The molecule has 0 N–H and O–H groups in total. The molecule has 0 aromatic rings. The summed E-state index contributed by atoms with van der Waals surface area (Å²) in [5.74, 6) is 0.938. The zero-order valence-corrected chi connectivity index (χ0v) is 7.31. The van der Waals surface area contributed by atoms with Crippen molar-refractivity contribution in [3.8, 4) is 0 Å². The van der Waals surface area contributed by atoms with E-state index in [0.29, 0.717) is 0 Å². The molecule has 0 amide bonds. The second-order valence-corrected chi connectivity index (χ2v) is 3.92. The van der Waals surface area contributed by atoms with Crippen molar-refractivity contribution in [1.82, 2.24) is 0 Å². The smallest absolute Gasteiger partial charge is 0.0134 e. The summed E-state index contributed by atoms with van der Waals surface area (Å²) in [5.41, 5.74) is 0. The molecule has 0 heterocycles. The normalized spacial score (nSPS) is 29.8. The first-order chi connectivity index (χ1) is 3.79. The van der Waals surface area contributed by atoms with Crippen LogP contribution in [-0.4, -0.2) is 0 Å². The molecule has 0 radical (unpaired) electrons. The van der Waals surface area contributed by atoms with Gasteiger partial charge in [-0.25, -0.2) is 0 Å². The number of hydrogen-bond acceptors (Lipinski definition) is 0. The van der Waals surface area contributed by atoms with E-state index in [1.54, 1.807) is 3.58 Å². The topological polar surface area (TPSA) is 0 Å². The van der Waals surface area contributed by atoms with E-state index in [4.69, 9.17) is 0 Å². The van der Waals surface area contributed by atoms with E-state index in [0.717, 1.165) is 5.92 Å². The quantitative estimate of drug-likeness (QED) is 0.552. The molecular weight excluding hydrogens is 211 g/mol. The third kappa shape index (κ3) is 1.77. The molecule has 0 bridgehead atoms. The Kier molecular flexibility index (Phi) is 2.35. The second kappa shape index (κ2) is 2.85. The van der Waals surface area contributed by atoms with Gasteiger partial charge in [0.25, 0.3) is 0 Å². The van der Waals surface area contributed by atoms with Crippen LogP contribution < -0.4 is 0 Å². The fourth-order valence-corrected chi connectivity index (χ4v) is 1.50. The monoisotopic (exact) mass is 222 g/mol. The van der Waals surface area contributed by atoms with E-state index < -0.39 is 0 Å². The lowest BCUT2D eigenvalue weighted by molar-refractivity contribution is 0.525. The summed E-state index contributed by atoms with van der Waals surface area (Å²) >= 11 is 2.43. The molecule has 1 aliphatic rings. The van der Waals surface area contributed by atoms with E-state index in [9.17, 15) is 0 Å². The van der Waals surface area contributed by atoms with Crippen molar-refractivity contribution in [2.75, 3.05) is 0 Å². The van der Waals surface area contributed by atoms with Crippen LogP contribution in [-0.2, 0) is 0 Å². The highest BCUT2D eigenvalue weighted by Crippen LogP contribution is 2.26. The van der Waals surface area contributed by atoms with Crippen LogP contribution in [0.4, 0.5) is 0 Å². The first kappa shape index (κ1) is 6.59. The van der Waals surface area contributed by atoms with E-state index in [2.05, 4.69) is 35.6 Å². The van der Waals surface area contributed by atoms with Gasteiger partial charge in [-0.15, -0.1) is 0 Å². The number of halogens is 1. The van der Waals surface area contributed by atoms with Crippen molar-refractivity contribution in [2.24, 2.45) is 5.92 Å². The molecular formula is C7H11I. The maximum atomic E-state index is 2.43. The summed E-state index contributed by atoms with van der Waals surface area (Å²) in [6.45, 7) is 2.32. The summed E-state index contributed by atoms with van der Waals surface area (Å²) in [6, 6.07) is 0. The van der Waals surface area contributed by atoms with Gasteiger partial charge in [0.05, 0.1) is 0 Å². The number of hydrogen-bond donors (Lipinski definition) is 0. The van der Waals surface area contributed by atoms with Crippen LogP contribution in [0.15, 0.2) is 9.66 Å². The van der Waals surface area contributed by atoms with Gasteiger partial charge in [-0.2, -0.15) is 0 Å². The third-order valence-corrected chi connectivity index (χ3v) is 2.60. The molecule has 0 saturated carbocycles. The average molecular weight is 222 g/mol. The van der Waals surface area contributed by atoms with Crippen molar-refractivity contribution >= 4 is 22.6 Å². The molecule has 1 rings (SSSR count). The van der Waals surface area contributed by atoms with Crippen LogP contribution in [0.3, 0.4) is 0 Å². The number of allylic oxidation sites excluding steroid dienone is 2. The highest BCUT2D eigenvalue weighted by Gasteiger charge is 2.06. The molecule has 1 aliphatic carbocycles. The molecule has 0 aromatic carbocycles. The van der Waals surface area contributed by atoms with Gasteiger partial charge in [0.1, 0.15) is 0 Å². The first-order valence-corrected chi connectivity index (χ1v) is 4.21. The summed E-state index contributed by atoms with van der Waals surface area (Å²) < 4.78 is 1.56. The van der Waals surface area contributed by atoms with Gasteiger partial charge < -0.3 is 0 Å². The standard InChI is InChI=1S/C7H11I/c1-6-2-4-7(8)5-3-6/h4,6H,2-3,5H2,1H3/t6-/m1/s1. The highest BCUT2D eigenvalue weighted by molar-refractivity contribution is 14.1. The lowest BCUT2D eigenvalue weighted by Crippen LogP contribution is -1.97. The van der Waals surface area contributed by atoms with Crippen LogP contribution in [0.2, 0.25) is 0 Å².